The molecule has 2 aliphatic carbocycles. The highest BCUT2D eigenvalue weighted by Crippen LogP contribution is 2.52. The van der Waals surface area contributed by atoms with Crippen LogP contribution in [0.2, 0.25) is 0 Å². The Labute approximate surface area is 166 Å². The van der Waals surface area contributed by atoms with Crippen molar-refractivity contribution in [3.05, 3.63) is 41.2 Å². The highest BCUT2D eigenvalue weighted by atomic mass is 32.2. The Morgan fingerprint density at radius 2 is 1.75 bits per heavy atom. The highest BCUT2D eigenvalue weighted by molar-refractivity contribution is 7.91. The molecule has 0 atom stereocenters. The van der Waals surface area contributed by atoms with Gasteiger partial charge in [-0.15, -0.1) is 0 Å². The molecule has 0 saturated heterocycles. The zero-order valence-electron chi connectivity index (χ0n) is 16.5. The van der Waals surface area contributed by atoms with Gasteiger partial charge in [0.05, 0.1) is 22.1 Å². The van der Waals surface area contributed by atoms with Crippen molar-refractivity contribution in [2.24, 2.45) is 0 Å². The third-order valence-electron chi connectivity index (χ3n) is 5.33. The minimum Gasteiger partial charge on any atom is -0.453 e. The number of nitriles is 1. The standard InChI is InChI=1S/C21H25N3O3S/c1-21(2,3)28(25,26)13-24-19(16-8-9-16)20(18(23-24)15-6-7-15)27-17-10-4-14(12-22)5-11-17/h4-5,10-11,15-16H,6-9,13H2,1-3H3. The number of rotatable bonds is 6. The van der Waals surface area contributed by atoms with Crippen molar-refractivity contribution in [2.45, 2.75) is 68.9 Å². The van der Waals surface area contributed by atoms with Gasteiger partial charge in [-0.05, 0) is 70.7 Å². The van der Waals surface area contributed by atoms with E-state index < -0.39 is 14.6 Å². The Kier molecular flexibility index (Phi) is 4.50. The second-order valence-electron chi connectivity index (χ2n) is 8.74. The maximum Gasteiger partial charge on any atom is 0.175 e. The number of aromatic nitrogens is 2. The Balaban J connectivity index is 1.74. The van der Waals surface area contributed by atoms with Gasteiger partial charge in [0.15, 0.2) is 15.6 Å². The number of nitrogens with zero attached hydrogens (tertiary/aromatic N) is 3. The Morgan fingerprint density at radius 1 is 1.14 bits per heavy atom. The number of hydrogen-bond acceptors (Lipinski definition) is 5. The lowest BCUT2D eigenvalue weighted by Crippen LogP contribution is -2.32. The fraction of sp³-hybridized carbons (Fsp3) is 0.524. The van der Waals surface area contributed by atoms with Crippen LogP contribution in [0.1, 0.15) is 75.2 Å². The first-order chi connectivity index (χ1) is 13.2. The van der Waals surface area contributed by atoms with Crippen molar-refractivity contribution in [3.8, 4) is 17.6 Å². The first kappa shape index (κ1) is 19.0. The van der Waals surface area contributed by atoms with E-state index in [2.05, 4.69) is 6.07 Å². The molecule has 28 heavy (non-hydrogen) atoms. The van der Waals surface area contributed by atoms with Gasteiger partial charge in [-0.2, -0.15) is 10.4 Å². The van der Waals surface area contributed by atoms with Crippen molar-refractivity contribution in [3.63, 3.8) is 0 Å². The smallest absolute Gasteiger partial charge is 0.175 e. The molecule has 6 nitrogen and oxygen atoms in total. The van der Waals surface area contributed by atoms with Gasteiger partial charge < -0.3 is 4.74 Å². The molecule has 2 aromatic rings. The fourth-order valence-corrected chi connectivity index (χ4v) is 4.03. The van der Waals surface area contributed by atoms with Gasteiger partial charge in [0.2, 0.25) is 0 Å². The van der Waals surface area contributed by atoms with E-state index >= 15 is 0 Å². The van der Waals surface area contributed by atoms with Crippen molar-refractivity contribution < 1.29 is 13.2 Å². The highest BCUT2D eigenvalue weighted by Gasteiger charge is 2.40. The fourth-order valence-electron chi connectivity index (χ4n) is 3.13. The average molecular weight is 400 g/mol. The predicted octanol–water partition coefficient (Wildman–Crippen LogP) is 4.47. The normalized spacial score (nSPS) is 17.4. The third-order valence-corrected chi connectivity index (χ3v) is 7.78. The van der Waals surface area contributed by atoms with E-state index in [0.717, 1.165) is 42.8 Å². The lowest BCUT2D eigenvalue weighted by molar-refractivity contribution is 0.468. The average Bonchev–Trinajstić information content (AvgIpc) is 3.53. The number of ether oxygens (including phenoxy) is 1. The second-order valence-corrected chi connectivity index (χ2v) is 11.5. The van der Waals surface area contributed by atoms with Gasteiger partial charge in [-0.3, -0.25) is 0 Å². The van der Waals surface area contributed by atoms with Crippen molar-refractivity contribution in [1.82, 2.24) is 9.78 Å². The number of benzene rings is 1. The minimum absolute atomic E-state index is 0.126. The SMILES string of the molecule is CC(C)(C)S(=O)(=O)Cn1nc(C2CC2)c(Oc2ccc(C#N)cc2)c1C1CC1. The summed E-state index contributed by atoms with van der Waals surface area (Å²) in [5.74, 6) is 1.87. The van der Waals surface area contributed by atoms with Gasteiger partial charge in [0.25, 0.3) is 0 Å². The van der Waals surface area contributed by atoms with E-state index in [9.17, 15) is 8.42 Å². The van der Waals surface area contributed by atoms with Crippen LogP contribution in [0.4, 0.5) is 0 Å². The zero-order chi connectivity index (χ0) is 20.1. The van der Waals surface area contributed by atoms with E-state index in [1.54, 1.807) is 49.7 Å². The van der Waals surface area contributed by atoms with Crippen LogP contribution >= 0.6 is 0 Å². The summed E-state index contributed by atoms with van der Waals surface area (Å²) >= 11 is 0. The molecule has 0 unspecified atom stereocenters. The van der Waals surface area contributed by atoms with E-state index in [1.165, 1.54) is 0 Å². The van der Waals surface area contributed by atoms with Crippen LogP contribution in [0.25, 0.3) is 0 Å². The summed E-state index contributed by atoms with van der Waals surface area (Å²) in [4.78, 5) is 0. The molecular weight excluding hydrogens is 374 g/mol. The van der Waals surface area contributed by atoms with Crippen molar-refractivity contribution in [2.75, 3.05) is 0 Å². The van der Waals surface area contributed by atoms with Crippen molar-refractivity contribution in [1.29, 1.82) is 5.26 Å². The molecule has 2 aliphatic rings. The summed E-state index contributed by atoms with van der Waals surface area (Å²) < 4.78 is 32.7. The van der Waals surface area contributed by atoms with E-state index in [1.807, 2.05) is 0 Å². The molecule has 0 spiro atoms. The lowest BCUT2D eigenvalue weighted by Gasteiger charge is -2.20. The molecule has 0 aliphatic heterocycles. The number of hydrogen-bond donors (Lipinski definition) is 0. The molecule has 0 bridgehead atoms. The molecule has 1 aromatic heterocycles. The Morgan fingerprint density at radius 3 is 2.25 bits per heavy atom. The molecule has 2 fully saturated rings. The van der Waals surface area contributed by atoms with Crippen LogP contribution in [0.5, 0.6) is 11.5 Å². The topological polar surface area (TPSA) is 85.0 Å². The van der Waals surface area contributed by atoms with E-state index in [-0.39, 0.29) is 5.88 Å². The molecular formula is C21H25N3O3S. The van der Waals surface area contributed by atoms with Crippen LogP contribution in [0.15, 0.2) is 24.3 Å². The largest absolute Gasteiger partial charge is 0.453 e. The lowest BCUT2D eigenvalue weighted by atomic mass is 10.2. The quantitative estimate of drug-likeness (QED) is 0.715. The molecule has 7 heteroatoms. The van der Waals surface area contributed by atoms with Gasteiger partial charge in [0, 0.05) is 11.8 Å². The maximum absolute atomic E-state index is 12.8. The molecule has 2 saturated carbocycles. The first-order valence-electron chi connectivity index (χ1n) is 9.70. The second kappa shape index (κ2) is 6.63. The van der Waals surface area contributed by atoms with Crippen molar-refractivity contribution >= 4 is 9.84 Å². The van der Waals surface area contributed by atoms with Gasteiger partial charge >= 0.3 is 0 Å². The minimum atomic E-state index is -3.36. The van der Waals surface area contributed by atoms with Gasteiger partial charge in [-0.25, -0.2) is 13.1 Å². The Bertz CT molecular complexity index is 1030. The van der Waals surface area contributed by atoms with Crippen LogP contribution in [0.3, 0.4) is 0 Å². The van der Waals surface area contributed by atoms with Crippen LogP contribution < -0.4 is 4.74 Å². The van der Waals surface area contributed by atoms with Gasteiger partial charge in [0.1, 0.15) is 17.3 Å². The van der Waals surface area contributed by atoms with Crippen LogP contribution in [-0.2, 0) is 15.7 Å². The summed E-state index contributed by atoms with van der Waals surface area (Å²) in [5.41, 5.74) is 2.35. The van der Waals surface area contributed by atoms with Crippen LogP contribution in [0, 0.1) is 11.3 Å². The first-order valence-corrected chi connectivity index (χ1v) is 11.4. The molecule has 1 heterocycles. The van der Waals surface area contributed by atoms with E-state index in [0.29, 0.717) is 23.1 Å². The summed E-state index contributed by atoms with van der Waals surface area (Å²) in [6.07, 6.45) is 4.15. The van der Waals surface area contributed by atoms with E-state index in [4.69, 9.17) is 15.1 Å². The Hall–Kier alpha value is -2.33. The molecule has 1 aromatic carbocycles. The molecule has 0 amide bonds. The van der Waals surface area contributed by atoms with Gasteiger partial charge in [-0.1, -0.05) is 0 Å². The number of sulfone groups is 1. The molecule has 4 rings (SSSR count). The summed E-state index contributed by atoms with van der Waals surface area (Å²) in [6, 6.07) is 9.09. The molecule has 148 valence electrons. The summed E-state index contributed by atoms with van der Waals surface area (Å²) in [6.45, 7) is 5.16. The summed E-state index contributed by atoms with van der Waals surface area (Å²) in [7, 11) is -3.36. The zero-order valence-corrected chi connectivity index (χ0v) is 17.3. The maximum atomic E-state index is 12.8. The monoisotopic (exact) mass is 399 g/mol. The summed E-state index contributed by atoms with van der Waals surface area (Å²) in [5, 5.41) is 13.7. The molecule has 0 N–H and O–H groups in total. The third kappa shape index (κ3) is 3.66. The molecule has 0 radical (unpaired) electrons. The predicted molar refractivity (Wildman–Crippen MR) is 106 cm³/mol. The van der Waals surface area contributed by atoms with Crippen LogP contribution in [-0.4, -0.2) is 22.9 Å².